The Kier molecular flexibility index (Phi) is 2.30. The van der Waals surface area contributed by atoms with Gasteiger partial charge in [0.1, 0.15) is 0 Å². The SMILES string of the molecule is O=C(O)c1cc(I)c2c(c1)C(=O)CC2. The van der Waals surface area contributed by atoms with Gasteiger partial charge in [-0.05, 0) is 46.7 Å². The highest BCUT2D eigenvalue weighted by atomic mass is 127. The van der Waals surface area contributed by atoms with Gasteiger partial charge in [-0.15, -0.1) is 0 Å². The van der Waals surface area contributed by atoms with Crippen molar-refractivity contribution in [3.05, 3.63) is 32.4 Å². The highest BCUT2D eigenvalue weighted by molar-refractivity contribution is 14.1. The number of benzene rings is 1. The zero-order valence-corrected chi connectivity index (χ0v) is 9.37. The molecule has 3 nitrogen and oxygen atoms in total. The smallest absolute Gasteiger partial charge is 0.335 e. The Hall–Kier alpha value is -0.910. The topological polar surface area (TPSA) is 54.4 Å². The number of fused-ring (bicyclic) bond motifs is 1. The number of carboxylic acid groups (broad SMARTS) is 1. The van der Waals surface area contributed by atoms with Crippen molar-refractivity contribution in [3.8, 4) is 0 Å². The quantitative estimate of drug-likeness (QED) is 0.808. The van der Waals surface area contributed by atoms with E-state index in [9.17, 15) is 9.59 Å². The minimum atomic E-state index is -0.981. The molecule has 1 aliphatic rings. The fourth-order valence-corrected chi connectivity index (χ4v) is 2.53. The average molecular weight is 302 g/mol. The molecule has 72 valence electrons. The van der Waals surface area contributed by atoms with E-state index in [1.807, 2.05) is 0 Å². The summed E-state index contributed by atoms with van der Waals surface area (Å²) >= 11 is 2.08. The lowest BCUT2D eigenvalue weighted by Gasteiger charge is -2.03. The third kappa shape index (κ3) is 1.43. The fourth-order valence-electron chi connectivity index (χ4n) is 1.64. The van der Waals surface area contributed by atoms with Gasteiger partial charge in [-0.3, -0.25) is 4.79 Å². The van der Waals surface area contributed by atoms with Crippen LogP contribution in [0.3, 0.4) is 0 Å². The maximum absolute atomic E-state index is 11.4. The van der Waals surface area contributed by atoms with Gasteiger partial charge in [0.05, 0.1) is 5.56 Å². The number of hydrogen-bond acceptors (Lipinski definition) is 2. The van der Waals surface area contributed by atoms with Crippen LogP contribution in [0.2, 0.25) is 0 Å². The van der Waals surface area contributed by atoms with Gasteiger partial charge in [-0.25, -0.2) is 4.79 Å². The van der Waals surface area contributed by atoms with E-state index in [2.05, 4.69) is 22.6 Å². The summed E-state index contributed by atoms with van der Waals surface area (Å²) in [5.41, 5.74) is 1.79. The highest BCUT2D eigenvalue weighted by Crippen LogP contribution is 2.28. The van der Waals surface area contributed by atoms with E-state index >= 15 is 0 Å². The van der Waals surface area contributed by atoms with Gasteiger partial charge in [-0.1, -0.05) is 0 Å². The molecule has 0 heterocycles. The first-order chi connectivity index (χ1) is 6.59. The molecule has 0 fully saturated rings. The van der Waals surface area contributed by atoms with E-state index in [0.717, 1.165) is 15.6 Å². The van der Waals surface area contributed by atoms with E-state index in [4.69, 9.17) is 5.11 Å². The van der Waals surface area contributed by atoms with E-state index in [1.165, 1.54) is 6.07 Å². The van der Waals surface area contributed by atoms with Crippen LogP contribution in [-0.4, -0.2) is 16.9 Å². The number of Topliss-reactive ketones (excluding diaryl/α,β-unsaturated/α-hetero) is 1. The van der Waals surface area contributed by atoms with Crippen LogP contribution < -0.4 is 0 Å². The maximum Gasteiger partial charge on any atom is 0.335 e. The Morgan fingerprint density at radius 1 is 1.36 bits per heavy atom. The first kappa shape index (κ1) is 9.64. The number of halogens is 1. The summed E-state index contributed by atoms with van der Waals surface area (Å²) in [4.78, 5) is 22.1. The third-order valence-corrected chi connectivity index (χ3v) is 3.31. The molecule has 0 spiro atoms. The minimum Gasteiger partial charge on any atom is -0.478 e. The van der Waals surface area contributed by atoms with Gasteiger partial charge >= 0.3 is 5.97 Å². The summed E-state index contributed by atoms with van der Waals surface area (Å²) in [5, 5.41) is 8.81. The van der Waals surface area contributed by atoms with Gasteiger partial charge < -0.3 is 5.11 Å². The monoisotopic (exact) mass is 302 g/mol. The summed E-state index contributed by atoms with van der Waals surface area (Å²) in [7, 11) is 0. The van der Waals surface area contributed by atoms with Crippen LogP contribution in [0.25, 0.3) is 0 Å². The highest BCUT2D eigenvalue weighted by Gasteiger charge is 2.23. The van der Waals surface area contributed by atoms with Gasteiger partial charge in [0.25, 0.3) is 0 Å². The molecule has 0 aromatic heterocycles. The molecule has 0 atom stereocenters. The summed E-state index contributed by atoms with van der Waals surface area (Å²) in [5.74, 6) is -0.925. The van der Waals surface area contributed by atoms with Gasteiger partial charge in [0, 0.05) is 15.6 Å². The molecular weight excluding hydrogens is 295 g/mol. The normalized spacial score (nSPS) is 14.2. The molecule has 2 rings (SSSR count). The van der Waals surface area contributed by atoms with E-state index in [0.29, 0.717) is 12.0 Å². The predicted octanol–water partition coefficient (Wildman–Crippen LogP) is 2.12. The molecule has 1 aromatic rings. The molecule has 0 aliphatic heterocycles. The van der Waals surface area contributed by atoms with Crippen LogP contribution in [0.5, 0.6) is 0 Å². The largest absolute Gasteiger partial charge is 0.478 e. The molecule has 0 saturated carbocycles. The van der Waals surface area contributed by atoms with E-state index in [-0.39, 0.29) is 11.3 Å². The van der Waals surface area contributed by atoms with Crippen molar-refractivity contribution < 1.29 is 14.7 Å². The Bertz CT molecular complexity index is 437. The molecule has 0 radical (unpaired) electrons. The minimum absolute atomic E-state index is 0.0565. The number of carbonyl (C=O) groups excluding carboxylic acids is 1. The fraction of sp³-hybridized carbons (Fsp3) is 0.200. The zero-order chi connectivity index (χ0) is 10.3. The van der Waals surface area contributed by atoms with Crippen LogP contribution in [0.15, 0.2) is 12.1 Å². The Morgan fingerprint density at radius 2 is 2.07 bits per heavy atom. The van der Waals surface area contributed by atoms with Crippen LogP contribution in [0.4, 0.5) is 0 Å². The second-order valence-electron chi connectivity index (χ2n) is 3.21. The van der Waals surface area contributed by atoms with Crippen molar-refractivity contribution in [1.82, 2.24) is 0 Å². The molecule has 0 bridgehead atoms. The molecule has 0 amide bonds. The summed E-state index contributed by atoms with van der Waals surface area (Å²) in [6, 6.07) is 3.09. The van der Waals surface area contributed by atoms with Crippen molar-refractivity contribution in [1.29, 1.82) is 0 Å². The van der Waals surface area contributed by atoms with Crippen LogP contribution in [0.1, 0.15) is 32.7 Å². The number of carbonyl (C=O) groups is 2. The molecule has 0 unspecified atom stereocenters. The van der Waals surface area contributed by atoms with Crippen molar-refractivity contribution in [2.45, 2.75) is 12.8 Å². The van der Waals surface area contributed by atoms with Gasteiger partial charge in [-0.2, -0.15) is 0 Å². The molecule has 14 heavy (non-hydrogen) atoms. The molecule has 1 N–H and O–H groups in total. The lowest BCUT2D eigenvalue weighted by molar-refractivity contribution is 0.0697. The Balaban J connectivity index is 2.64. The first-order valence-corrected chi connectivity index (χ1v) is 5.26. The van der Waals surface area contributed by atoms with Crippen molar-refractivity contribution in [3.63, 3.8) is 0 Å². The number of rotatable bonds is 1. The van der Waals surface area contributed by atoms with Gasteiger partial charge in [0.2, 0.25) is 0 Å². The molecule has 0 saturated heterocycles. The van der Waals surface area contributed by atoms with Crippen molar-refractivity contribution >= 4 is 34.3 Å². The summed E-state index contributed by atoms with van der Waals surface area (Å²) in [6.07, 6.45) is 1.25. The van der Waals surface area contributed by atoms with Crippen LogP contribution in [-0.2, 0) is 6.42 Å². The maximum atomic E-state index is 11.4. The van der Waals surface area contributed by atoms with Crippen molar-refractivity contribution in [2.24, 2.45) is 0 Å². The number of carboxylic acids is 1. The average Bonchev–Trinajstić information content (AvgIpc) is 2.48. The number of aromatic carboxylic acids is 1. The standard InChI is InChI=1S/C10H7IO3/c11-8-4-5(10(13)14)3-7-6(8)1-2-9(7)12/h3-4H,1-2H2,(H,13,14). The summed E-state index contributed by atoms with van der Waals surface area (Å²) in [6.45, 7) is 0. The number of ketones is 1. The molecule has 1 aromatic carbocycles. The van der Waals surface area contributed by atoms with Crippen LogP contribution in [0, 0.1) is 3.57 Å². The molecule has 4 heteroatoms. The second-order valence-corrected chi connectivity index (χ2v) is 4.37. The lowest BCUT2D eigenvalue weighted by Crippen LogP contribution is -2.01. The number of hydrogen-bond donors (Lipinski definition) is 1. The van der Waals surface area contributed by atoms with Gasteiger partial charge in [0.15, 0.2) is 5.78 Å². The first-order valence-electron chi connectivity index (χ1n) is 4.18. The van der Waals surface area contributed by atoms with E-state index < -0.39 is 5.97 Å². The Labute approximate surface area is 94.3 Å². The molecular formula is C10H7IO3. The third-order valence-electron chi connectivity index (χ3n) is 2.34. The van der Waals surface area contributed by atoms with Crippen LogP contribution >= 0.6 is 22.6 Å². The molecule has 1 aliphatic carbocycles. The Morgan fingerprint density at radius 3 is 2.71 bits per heavy atom. The zero-order valence-electron chi connectivity index (χ0n) is 7.21. The predicted molar refractivity (Wildman–Crippen MR) is 58.8 cm³/mol. The summed E-state index contributed by atoms with van der Waals surface area (Å²) < 4.78 is 0.878. The second kappa shape index (κ2) is 3.34. The van der Waals surface area contributed by atoms with Crippen molar-refractivity contribution in [2.75, 3.05) is 0 Å². The van der Waals surface area contributed by atoms with E-state index in [1.54, 1.807) is 6.07 Å². The lowest BCUT2D eigenvalue weighted by atomic mass is 10.1.